The van der Waals surface area contributed by atoms with Gasteiger partial charge in [0.25, 0.3) is 0 Å². The molecule has 0 amide bonds. The maximum absolute atomic E-state index is 4.79. The van der Waals surface area contributed by atoms with Gasteiger partial charge in [-0.1, -0.05) is 115 Å². The number of pyridine rings is 1. The quantitative estimate of drug-likeness (QED) is 0.205. The third kappa shape index (κ3) is 4.72. The number of allylic oxidation sites excluding steroid dienone is 2. The molecule has 7 aromatic rings. The van der Waals surface area contributed by atoms with Gasteiger partial charge in [-0.05, 0) is 98.3 Å². The maximum atomic E-state index is 4.79. The molecule has 47 heavy (non-hydrogen) atoms. The van der Waals surface area contributed by atoms with Gasteiger partial charge in [0, 0.05) is 35.4 Å². The number of para-hydroxylation sites is 1. The molecule has 0 bridgehead atoms. The number of dihydropyridines is 1. The molecular weight excluding hydrogens is 571 g/mol. The Labute approximate surface area is 274 Å². The lowest BCUT2D eigenvalue weighted by molar-refractivity contribution is 0.981. The largest absolute Gasteiger partial charge is 0.380 e. The topological polar surface area (TPSA) is 28.2 Å². The van der Waals surface area contributed by atoms with E-state index < -0.39 is 0 Å². The first kappa shape index (κ1) is 27.1. The number of anilines is 3. The third-order valence-electron chi connectivity index (χ3n) is 9.26. The van der Waals surface area contributed by atoms with E-state index in [0.29, 0.717) is 0 Å². The lowest BCUT2D eigenvalue weighted by atomic mass is 9.94. The molecule has 0 atom stereocenters. The molecule has 0 fully saturated rings. The molecular formula is C44H31N3. The van der Waals surface area contributed by atoms with Gasteiger partial charge in [-0.2, -0.15) is 0 Å². The zero-order chi connectivity index (χ0) is 31.2. The van der Waals surface area contributed by atoms with Crippen molar-refractivity contribution < 1.29 is 0 Å². The van der Waals surface area contributed by atoms with Crippen LogP contribution in [-0.2, 0) is 0 Å². The molecule has 6 aromatic carbocycles. The Balaban J connectivity index is 1.13. The molecule has 1 aromatic heterocycles. The van der Waals surface area contributed by atoms with E-state index in [1.807, 2.05) is 6.20 Å². The number of hydrogen-bond acceptors (Lipinski definition) is 3. The van der Waals surface area contributed by atoms with Crippen molar-refractivity contribution in [3.05, 3.63) is 176 Å². The van der Waals surface area contributed by atoms with Gasteiger partial charge in [-0.15, -0.1) is 0 Å². The Morgan fingerprint density at radius 2 is 1.17 bits per heavy atom. The summed E-state index contributed by atoms with van der Waals surface area (Å²) in [5, 5.41) is 6.03. The van der Waals surface area contributed by atoms with Gasteiger partial charge >= 0.3 is 0 Å². The SMILES string of the molecule is C1=CCNC(c2ccc(-c3cccc(N(c4ccccc4)c4cccc(-c5ccc6c7c(cccc57)-c5ccccc5-6)c4)c3)cn2)=C1. The minimum absolute atomic E-state index is 0.824. The average Bonchev–Trinajstić information content (AvgIpc) is 3.48. The zero-order valence-corrected chi connectivity index (χ0v) is 25.8. The molecule has 9 rings (SSSR count). The Morgan fingerprint density at radius 1 is 0.511 bits per heavy atom. The van der Waals surface area contributed by atoms with E-state index in [4.69, 9.17) is 4.98 Å². The molecule has 3 nitrogen and oxygen atoms in total. The molecule has 1 N–H and O–H groups in total. The van der Waals surface area contributed by atoms with E-state index in [-0.39, 0.29) is 0 Å². The predicted octanol–water partition coefficient (Wildman–Crippen LogP) is 11.2. The monoisotopic (exact) mass is 601 g/mol. The van der Waals surface area contributed by atoms with Crippen molar-refractivity contribution in [3.8, 4) is 44.5 Å². The molecule has 1 aliphatic heterocycles. The third-order valence-corrected chi connectivity index (χ3v) is 9.26. The van der Waals surface area contributed by atoms with E-state index >= 15 is 0 Å². The van der Waals surface area contributed by atoms with Crippen molar-refractivity contribution >= 4 is 33.5 Å². The summed E-state index contributed by atoms with van der Waals surface area (Å²) in [6.07, 6.45) is 8.21. The molecule has 2 heterocycles. The number of hydrogen-bond donors (Lipinski definition) is 1. The van der Waals surface area contributed by atoms with Gasteiger partial charge in [0.1, 0.15) is 0 Å². The Hall–Kier alpha value is -6.19. The highest BCUT2D eigenvalue weighted by Crippen LogP contribution is 2.49. The van der Waals surface area contributed by atoms with Crippen LogP contribution in [0.25, 0.3) is 61.0 Å². The lowest BCUT2D eigenvalue weighted by Crippen LogP contribution is -2.15. The second kappa shape index (κ2) is 11.3. The number of benzene rings is 6. The fourth-order valence-corrected chi connectivity index (χ4v) is 7.08. The van der Waals surface area contributed by atoms with Crippen molar-refractivity contribution in [2.45, 2.75) is 0 Å². The van der Waals surface area contributed by atoms with Crippen molar-refractivity contribution in [3.63, 3.8) is 0 Å². The maximum Gasteiger partial charge on any atom is 0.0861 e. The van der Waals surface area contributed by atoms with Gasteiger partial charge in [0.2, 0.25) is 0 Å². The first-order valence-corrected chi connectivity index (χ1v) is 16.1. The van der Waals surface area contributed by atoms with Crippen molar-refractivity contribution in [1.82, 2.24) is 10.3 Å². The highest BCUT2D eigenvalue weighted by atomic mass is 15.1. The summed E-state index contributed by atoms with van der Waals surface area (Å²) >= 11 is 0. The number of rotatable bonds is 6. The highest BCUT2D eigenvalue weighted by Gasteiger charge is 2.22. The van der Waals surface area contributed by atoms with E-state index in [1.165, 1.54) is 44.2 Å². The Kier molecular flexibility index (Phi) is 6.53. The minimum atomic E-state index is 0.824. The first-order chi connectivity index (χ1) is 23.3. The Bertz CT molecular complexity index is 2320. The van der Waals surface area contributed by atoms with Gasteiger partial charge < -0.3 is 10.2 Å². The molecule has 0 spiro atoms. The summed E-state index contributed by atoms with van der Waals surface area (Å²) in [6, 6.07) is 52.6. The van der Waals surface area contributed by atoms with Crippen LogP contribution in [-0.4, -0.2) is 11.5 Å². The predicted molar refractivity (Wildman–Crippen MR) is 197 cm³/mol. The van der Waals surface area contributed by atoms with Crippen molar-refractivity contribution in [1.29, 1.82) is 0 Å². The molecule has 0 saturated carbocycles. The molecule has 222 valence electrons. The average molecular weight is 602 g/mol. The normalized spacial score (nSPS) is 12.8. The summed E-state index contributed by atoms with van der Waals surface area (Å²) in [5.74, 6) is 0. The lowest BCUT2D eigenvalue weighted by Gasteiger charge is -2.26. The van der Waals surface area contributed by atoms with Crippen LogP contribution < -0.4 is 10.2 Å². The fraction of sp³-hybridized carbons (Fsp3) is 0.0227. The van der Waals surface area contributed by atoms with Crippen molar-refractivity contribution in [2.75, 3.05) is 11.4 Å². The summed E-state index contributed by atoms with van der Waals surface area (Å²) in [7, 11) is 0. The van der Waals surface area contributed by atoms with E-state index in [9.17, 15) is 0 Å². The van der Waals surface area contributed by atoms with Crippen LogP contribution in [0.5, 0.6) is 0 Å². The highest BCUT2D eigenvalue weighted by molar-refractivity contribution is 6.18. The molecule has 0 unspecified atom stereocenters. The molecule has 1 aliphatic carbocycles. The number of fused-ring (bicyclic) bond motifs is 3. The smallest absolute Gasteiger partial charge is 0.0861 e. The summed E-state index contributed by atoms with van der Waals surface area (Å²) in [6.45, 7) is 0.824. The second-order valence-corrected chi connectivity index (χ2v) is 12.0. The molecule has 0 radical (unpaired) electrons. The number of nitrogens with one attached hydrogen (secondary N) is 1. The van der Waals surface area contributed by atoms with Crippen LogP contribution in [0.15, 0.2) is 170 Å². The van der Waals surface area contributed by atoms with Gasteiger partial charge in [-0.3, -0.25) is 4.98 Å². The van der Waals surface area contributed by atoms with Crippen LogP contribution in [0, 0.1) is 0 Å². The standard InChI is InChI=1S/C44H31N3/c1-2-13-33(14-3-1)47(34-15-8-11-30(27-34)32-22-25-43(46-29-32)42-21-6-7-26-45-42)35-16-9-12-31(28-35)36-23-24-41-38-18-5-4-17-37(38)40-20-10-19-39(36)44(40)41/h1-25,27-29,45H,26H2. The first-order valence-electron chi connectivity index (χ1n) is 16.1. The van der Waals surface area contributed by atoms with Crippen molar-refractivity contribution in [2.24, 2.45) is 0 Å². The van der Waals surface area contributed by atoms with Crippen LogP contribution in [0.3, 0.4) is 0 Å². The summed E-state index contributed by atoms with van der Waals surface area (Å²) in [4.78, 5) is 7.13. The zero-order valence-electron chi connectivity index (χ0n) is 25.8. The summed E-state index contributed by atoms with van der Waals surface area (Å²) < 4.78 is 0. The van der Waals surface area contributed by atoms with Crippen LogP contribution in [0.4, 0.5) is 17.1 Å². The van der Waals surface area contributed by atoms with E-state index in [2.05, 4.69) is 174 Å². The van der Waals surface area contributed by atoms with Crippen LogP contribution in [0.1, 0.15) is 5.69 Å². The molecule has 0 saturated heterocycles. The van der Waals surface area contributed by atoms with E-state index in [0.717, 1.165) is 46.1 Å². The fourth-order valence-electron chi connectivity index (χ4n) is 7.08. The number of aromatic nitrogens is 1. The van der Waals surface area contributed by atoms with Gasteiger partial charge in [0.05, 0.1) is 11.4 Å². The van der Waals surface area contributed by atoms with Gasteiger partial charge in [0.15, 0.2) is 0 Å². The summed E-state index contributed by atoms with van der Waals surface area (Å²) in [5.41, 5.74) is 15.2. The van der Waals surface area contributed by atoms with Crippen LogP contribution in [0.2, 0.25) is 0 Å². The second-order valence-electron chi connectivity index (χ2n) is 12.0. The molecule has 2 aliphatic rings. The van der Waals surface area contributed by atoms with Gasteiger partial charge in [-0.25, -0.2) is 0 Å². The van der Waals surface area contributed by atoms with E-state index in [1.54, 1.807) is 0 Å². The minimum Gasteiger partial charge on any atom is -0.380 e. The van der Waals surface area contributed by atoms with Crippen LogP contribution >= 0.6 is 0 Å². The molecule has 3 heteroatoms. The Morgan fingerprint density at radius 3 is 1.91 bits per heavy atom. The number of nitrogens with zero attached hydrogens (tertiary/aromatic N) is 2.